The number of piperazine rings is 1. The molecule has 0 aromatic heterocycles. The van der Waals surface area contributed by atoms with Gasteiger partial charge in [0.25, 0.3) is 5.91 Å². The van der Waals surface area contributed by atoms with E-state index in [9.17, 15) is 9.59 Å². The van der Waals surface area contributed by atoms with E-state index >= 15 is 0 Å². The van der Waals surface area contributed by atoms with Crippen LogP contribution in [0, 0.1) is 19.8 Å². The van der Waals surface area contributed by atoms with Crippen LogP contribution in [0.25, 0.3) is 0 Å². The van der Waals surface area contributed by atoms with E-state index < -0.39 is 0 Å². The Balaban J connectivity index is 1.50. The van der Waals surface area contributed by atoms with E-state index in [2.05, 4.69) is 0 Å². The Morgan fingerprint density at radius 1 is 1.00 bits per heavy atom. The Morgan fingerprint density at radius 3 is 2.32 bits per heavy atom. The van der Waals surface area contributed by atoms with Gasteiger partial charge in [-0.05, 0) is 37.8 Å². The van der Waals surface area contributed by atoms with E-state index in [1.54, 1.807) is 0 Å². The van der Waals surface area contributed by atoms with Crippen molar-refractivity contribution in [1.29, 1.82) is 0 Å². The Morgan fingerprint density at radius 2 is 1.64 bits per heavy atom. The van der Waals surface area contributed by atoms with Crippen LogP contribution in [-0.4, -0.2) is 47.8 Å². The molecule has 1 saturated carbocycles. The molecule has 1 heterocycles. The lowest BCUT2D eigenvalue weighted by Gasteiger charge is -2.35. The van der Waals surface area contributed by atoms with Gasteiger partial charge in [0.2, 0.25) is 5.91 Å². The molecule has 2 aliphatic rings. The number of amides is 2. The van der Waals surface area contributed by atoms with E-state index in [4.69, 9.17) is 0 Å². The molecular weight excluding hydrogens is 312 g/mol. The predicted octanol–water partition coefficient (Wildman–Crippen LogP) is 3.56. The van der Waals surface area contributed by atoms with Crippen molar-refractivity contribution in [3.63, 3.8) is 0 Å². The summed E-state index contributed by atoms with van der Waals surface area (Å²) in [6, 6.07) is 6.01. The second kappa shape index (κ2) is 8.03. The van der Waals surface area contributed by atoms with Crippen LogP contribution in [0.15, 0.2) is 18.2 Å². The molecular formula is C21H30N2O2. The quantitative estimate of drug-likeness (QED) is 0.839. The van der Waals surface area contributed by atoms with E-state index in [0.29, 0.717) is 32.6 Å². The first-order chi connectivity index (χ1) is 12.0. The summed E-state index contributed by atoms with van der Waals surface area (Å²) >= 11 is 0. The second-order valence-electron chi connectivity index (χ2n) is 7.68. The van der Waals surface area contributed by atoms with Gasteiger partial charge in [-0.3, -0.25) is 9.59 Å². The summed E-state index contributed by atoms with van der Waals surface area (Å²) in [5, 5.41) is 0. The Bertz CT molecular complexity index is 627. The molecule has 4 nitrogen and oxygen atoms in total. The Kier molecular flexibility index (Phi) is 5.77. The Labute approximate surface area is 151 Å². The highest BCUT2D eigenvalue weighted by Crippen LogP contribution is 2.28. The number of aryl methyl sites for hydroxylation is 2. The first-order valence-electron chi connectivity index (χ1n) is 9.69. The van der Waals surface area contributed by atoms with Gasteiger partial charge < -0.3 is 9.80 Å². The second-order valence-corrected chi connectivity index (χ2v) is 7.68. The van der Waals surface area contributed by atoms with Crippen LogP contribution in [0.3, 0.4) is 0 Å². The lowest BCUT2D eigenvalue weighted by atomic mass is 10.0. The van der Waals surface area contributed by atoms with Crippen molar-refractivity contribution in [2.75, 3.05) is 26.2 Å². The summed E-state index contributed by atoms with van der Waals surface area (Å²) < 4.78 is 0. The molecule has 1 saturated heterocycles. The fourth-order valence-electron chi connectivity index (χ4n) is 4.08. The predicted molar refractivity (Wildman–Crippen MR) is 99.6 cm³/mol. The highest BCUT2D eigenvalue weighted by atomic mass is 16.2. The molecule has 0 radical (unpaired) electrons. The number of hydrogen-bond acceptors (Lipinski definition) is 2. The van der Waals surface area contributed by atoms with Crippen LogP contribution in [0.5, 0.6) is 0 Å². The van der Waals surface area contributed by atoms with E-state index in [-0.39, 0.29) is 11.8 Å². The van der Waals surface area contributed by atoms with Crippen molar-refractivity contribution < 1.29 is 9.59 Å². The largest absolute Gasteiger partial charge is 0.339 e. The molecule has 1 aromatic carbocycles. The molecule has 4 heteroatoms. The number of benzene rings is 1. The summed E-state index contributed by atoms with van der Waals surface area (Å²) in [7, 11) is 0. The smallest absolute Gasteiger partial charge is 0.254 e. The number of hydrogen-bond donors (Lipinski definition) is 0. The average molecular weight is 342 g/mol. The fraction of sp³-hybridized carbons (Fsp3) is 0.619. The monoisotopic (exact) mass is 342 g/mol. The number of nitrogens with zero attached hydrogens (tertiary/aromatic N) is 2. The van der Waals surface area contributed by atoms with Crippen molar-refractivity contribution in [1.82, 2.24) is 9.80 Å². The highest BCUT2D eigenvalue weighted by molar-refractivity contribution is 5.96. The Hall–Kier alpha value is -1.84. The maximum absolute atomic E-state index is 12.8. The third-order valence-corrected chi connectivity index (χ3v) is 5.78. The molecule has 2 amide bonds. The van der Waals surface area contributed by atoms with E-state index in [1.807, 2.05) is 41.8 Å². The molecule has 3 rings (SSSR count). The molecule has 0 unspecified atom stereocenters. The lowest BCUT2D eigenvalue weighted by Crippen LogP contribution is -2.50. The van der Waals surface area contributed by atoms with Crippen LogP contribution in [0.1, 0.15) is 60.0 Å². The maximum atomic E-state index is 12.8. The highest BCUT2D eigenvalue weighted by Gasteiger charge is 2.26. The van der Waals surface area contributed by atoms with Crippen molar-refractivity contribution in [2.24, 2.45) is 5.92 Å². The zero-order chi connectivity index (χ0) is 17.8. The van der Waals surface area contributed by atoms with Crippen LogP contribution >= 0.6 is 0 Å². The number of carbonyl (C=O) groups excluding carboxylic acids is 2. The third-order valence-electron chi connectivity index (χ3n) is 5.78. The van der Waals surface area contributed by atoms with Gasteiger partial charge >= 0.3 is 0 Å². The lowest BCUT2D eigenvalue weighted by molar-refractivity contribution is -0.133. The molecule has 1 aromatic rings. The van der Waals surface area contributed by atoms with Gasteiger partial charge in [-0.1, -0.05) is 43.4 Å². The van der Waals surface area contributed by atoms with Crippen LogP contribution < -0.4 is 0 Å². The standard InChI is InChI=1S/C21H30N2O2/c1-16-7-8-17(2)19(15-16)21(25)23-13-11-22(12-14-23)20(24)10-9-18-5-3-4-6-18/h7-8,15,18H,3-6,9-14H2,1-2H3. The summed E-state index contributed by atoms with van der Waals surface area (Å²) in [6.07, 6.45) is 6.98. The van der Waals surface area contributed by atoms with Crippen LogP contribution in [-0.2, 0) is 4.79 Å². The molecule has 25 heavy (non-hydrogen) atoms. The van der Waals surface area contributed by atoms with Gasteiger partial charge in [-0.2, -0.15) is 0 Å². The van der Waals surface area contributed by atoms with Crippen LogP contribution in [0.2, 0.25) is 0 Å². The van der Waals surface area contributed by atoms with Crippen molar-refractivity contribution in [2.45, 2.75) is 52.4 Å². The first-order valence-corrected chi connectivity index (χ1v) is 9.69. The van der Waals surface area contributed by atoms with Gasteiger partial charge in [0, 0.05) is 38.2 Å². The number of carbonyl (C=O) groups is 2. The third kappa shape index (κ3) is 4.42. The van der Waals surface area contributed by atoms with Crippen molar-refractivity contribution in [3.8, 4) is 0 Å². The summed E-state index contributed by atoms with van der Waals surface area (Å²) in [6.45, 7) is 6.61. The summed E-state index contributed by atoms with van der Waals surface area (Å²) in [5.41, 5.74) is 2.92. The van der Waals surface area contributed by atoms with Gasteiger partial charge in [0.1, 0.15) is 0 Å². The first kappa shape index (κ1) is 18.0. The normalized spacial score (nSPS) is 18.6. The van der Waals surface area contributed by atoms with Crippen molar-refractivity contribution in [3.05, 3.63) is 34.9 Å². The minimum Gasteiger partial charge on any atom is -0.339 e. The molecule has 0 atom stereocenters. The van der Waals surface area contributed by atoms with E-state index in [1.165, 1.54) is 25.7 Å². The topological polar surface area (TPSA) is 40.6 Å². The molecule has 0 bridgehead atoms. The SMILES string of the molecule is Cc1ccc(C)c(C(=O)N2CCN(C(=O)CCC3CCCC3)CC2)c1. The zero-order valence-electron chi connectivity index (χ0n) is 15.6. The summed E-state index contributed by atoms with van der Waals surface area (Å²) in [5.74, 6) is 1.13. The van der Waals surface area contributed by atoms with E-state index in [0.717, 1.165) is 29.0 Å². The van der Waals surface area contributed by atoms with Crippen molar-refractivity contribution >= 4 is 11.8 Å². The molecule has 136 valence electrons. The average Bonchev–Trinajstić information content (AvgIpc) is 3.15. The van der Waals surface area contributed by atoms with Gasteiger partial charge in [-0.15, -0.1) is 0 Å². The zero-order valence-corrected chi connectivity index (χ0v) is 15.6. The minimum absolute atomic E-state index is 0.0965. The molecule has 1 aliphatic heterocycles. The van der Waals surface area contributed by atoms with Gasteiger partial charge in [0.15, 0.2) is 0 Å². The van der Waals surface area contributed by atoms with Gasteiger partial charge in [-0.25, -0.2) is 0 Å². The molecule has 1 aliphatic carbocycles. The molecule has 2 fully saturated rings. The van der Waals surface area contributed by atoms with Gasteiger partial charge in [0.05, 0.1) is 0 Å². The molecule has 0 N–H and O–H groups in total. The van der Waals surface area contributed by atoms with Crippen LogP contribution in [0.4, 0.5) is 0 Å². The summed E-state index contributed by atoms with van der Waals surface area (Å²) in [4.78, 5) is 29.0. The molecule has 0 spiro atoms. The number of rotatable bonds is 4. The maximum Gasteiger partial charge on any atom is 0.254 e. The fourth-order valence-corrected chi connectivity index (χ4v) is 4.08. The minimum atomic E-state index is 0.0965.